The quantitative estimate of drug-likeness (QED) is 0.693. The zero-order chi connectivity index (χ0) is 16.7. The number of aliphatic hydroxyl groups is 1. The molecule has 2 amide bonds. The molecule has 0 fully saturated rings. The average Bonchev–Trinajstić information content (AvgIpc) is 3.00. The van der Waals surface area contributed by atoms with E-state index in [0.717, 1.165) is 28.1 Å². The Hall–Kier alpha value is -1.66. The first-order valence-electron chi connectivity index (χ1n) is 8.09. The van der Waals surface area contributed by atoms with Crippen LogP contribution in [-0.2, 0) is 6.54 Å². The van der Waals surface area contributed by atoms with Crippen molar-refractivity contribution in [1.29, 1.82) is 0 Å². The molecule has 3 N–H and O–H groups in total. The van der Waals surface area contributed by atoms with Gasteiger partial charge in [-0.3, -0.25) is 0 Å². The number of nitrogens with one attached hydrogen (secondary N) is 2. The molecule has 126 valence electrons. The lowest BCUT2D eigenvalue weighted by Crippen LogP contribution is -2.42. The molecule has 0 aliphatic carbocycles. The Morgan fingerprint density at radius 1 is 1.26 bits per heavy atom. The highest BCUT2D eigenvalue weighted by atomic mass is 32.1. The lowest BCUT2D eigenvalue weighted by atomic mass is 9.79. The molecule has 23 heavy (non-hydrogen) atoms. The molecule has 2 rings (SSSR count). The van der Waals surface area contributed by atoms with Gasteiger partial charge in [-0.25, -0.2) is 9.78 Å². The van der Waals surface area contributed by atoms with Crippen LogP contribution in [0.15, 0.2) is 24.3 Å². The van der Waals surface area contributed by atoms with Crippen molar-refractivity contribution in [3.8, 4) is 0 Å². The molecule has 0 saturated carbocycles. The molecule has 0 spiro atoms. The summed E-state index contributed by atoms with van der Waals surface area (Å²) in [5.74, 6) is 0. The normalized spacial score (nSPS) is 11.6. The topological polar surface area (TPSA) is 74.2 Å². The summed E-state index contributed by atoms with van der Waals surface area (Å²) in [6.07, 6.45) is 2.57. The third-order valence-corrected chi connectivity index (χ3v) is 5.54. The fourth-order valence-corrected chi connectivity index (χ4v) is 3.57. The monoisotopic (exact) mass is 335 g/mol. The van der Waals surface area contributed by atoms with Crippen molar-refractivity contribution < 1.29 is 9.90 Å². The lowest BCUT2D eigenvalue weighted by Gasteiger charge is -2.31. The molecule has 5 nitrogen and oxygen atoms in total. The van der Waals surface area contributed by atoms with Gasteiger partial charge in [-0.15, -0.1) is 11.3 Å². The van der Waals surface area contributed by atoms with Crippen molar-refractivity contribution in [3.63, 3.8) is 0 Å². The van der Waals surface area contributed by atoms with Crippen molar-refractivity contribution >= 4 is 27.6 Å². The highest BCUT2D eigenvalue weighted by Crippen LogP contribution is 2.29. The summed E-state index contributed by atoms with van der Waals surface area (Å²) < 4.78 is 1.13. The van der Waals surface area contributed by atoms with Crippen molar-refractivity contribution in [3.05, 3.63) is 29.3 Å². The summed E-state index contributed by atoms with van der Waals surface area (Å²) in [6.45, 7) is 5.35. The van der Waals surface area contributed by atoms with Crippen molar-refractivity contribution in [2.24, 2.45) is 5.41 Å². The zero-order valence-corrected chi connectivity index (χ0v) is 14.6. The summed E-state index contributed by atoms with van der Waals surface area (Å²) in [5, 5.41) is 15.9. The Kier molecular flexibility index (Phi) is 6.36. The Bertz CT molecular complexity index is 605. The minimum absolute atomic E-state index is 0.0258. The number of urea groups is 1. The first kappa shape index (κ1) is 17.7. The third-order valence-electron chi connectivity index (χ3n) is 4.50. The average molecular weight is 335 g/mol. The number of carbonyl (C=O) groups excluding carboxylic acids is 1. The number of amides is 2. The standard InChI is InChI=1S/C17H25N3O2S/c1-3-17(4-2,9-10-21)12-19-16(22)18-11-15-20-13-7-5-6-8-14(13)23-15/h5-8,21H,3-4,9-12H2,1-2H3,(H2,18,19,22). The van der Waals surface area contributed by atoms with E-state index in [2.05, 4.69) is 29.5 Å². The molecule has 0 bridgehead atoms. The number of thiazole rings is 1. The van der Waals surface area contributed by atoms with E-state index in [1.165, 1.54) is 0 Å². The summed E-state index contributed by atoms with van der Waals surface area (Å²) in [7, 11) is 0. The highest BCUT2D eigenvalue weighted by Gasteiger charge is 2.26. The van der Waals surface area contributed by atoms with Crippen molar-refractivity contribution in [1.82, 2.24) is 15.6 Å². The minimum atomic E-state index is -0.187. The maximum Gasteiger partial charge on any atom is 0.315 e. The molecule has 2 aromatic rings. The zero-order valence-electron chi connectivity index (χ0n) is 13.8. The van der Waals surface area contributed by atoms with Crippen LogP contribution in [0.3, 0.4) is 0 Å². The Morgan fingerprint density at radius 2 is 2.00 bits per heavy atom. The van der Waals surface area contributed by atoms with Crippen LogP contribution in [-0.4, -0.2) is 29.3 Å². The maximum absolute atomic E-state index is 12.0. The number of hydrogen-bond donors (Lipinski definition) is 3. The molecule has 0 saturated heterocycles. The van der Waals surface area contributed by atoms with Gasteiger partial charge in [-0.2, -0.15) is 0 Å². The molecule has 0 aliphatic rings. The number of hydrogen-bond acceptors (Lipinski definition) is 4. The molecule has 0 atom stereocenters. The second kappa shape index (κ2) is 8.26. The summed E-state index contributed by atoms with van der Waals surface area (Å²) in [4.78, 5) is 16.5. The van der Waals surface area contributed by atoms with E-state index in [1.807, 2.05) is 24.3 Å². The maximum atomic E-state index is 12.0. The van der Waals surface area contributed by atoms with Gasteiger partial charge in [0.1, 0.15) is 5.01 Å². The fourth-order valence-electron chi connectivity index (χ4n) is 2.66. The van der Waals surface area contributed by atoms with Gasteiger partial charge in [-0.1, -0.05) is 26.0 Å². The van der Waals surface area contributed by atoms with Crippen LogP contribution in [0.1, 0.15) is 38.1 Å². The predicted octanol–water partition coefficient (Wildman–Crippen LogP) is 3.28. The number of benzene rings is 1. The van der Waals surface area contributed by atoms with Crippen LogP contribution >= 0.6 is 11.3 Å². The second-order valence-electron chi connectivity index (χ2n) is 5.79. The number of para-hydroxylation sites is 1. The Morgan fingerprint density at radius 3 is 2.65 bits per heavy atom. The van der Waals surface area contributed by atoms with Crippen LogP contribution in [0.25, 0.3) is 10.2 Å². The SMILES string of the molecule is CCC(CC)(CCO)CNC(=O)NCc1nc2ccccc2s1. The summed E-state index contributed by atoms with van der Waals surface area (Å²) in [5.41, 5.74) is 0.940. The molecular weight excluding hydrogens is 310 g/mol. The van der Waals surface area contributed by atoms with E-state index >= 15 is 0 Å². The lowest BCUT2D eigenvalue weighted by molar-refractivity contribution is 0.163. The van der Waals surface area contributed by atoms with Crippen LogP contribution in [0.4, 0.5) is 4.79 Å². The fraction of sp³-hybridized carbons (Fsp3) is 0.529. The smallest absolute Gasteiger partial charge is 0.315 e. The Labute approximate surface area is 141 Å². The number of aromatic nitrogens is 1. The largest absolute Gasteiger partial charge is 0.396 e. The first-order chi connectivity index (χ1) is 11.1. The van der Waals surface area contributed by atoms with Crippen LogP contribution < -0.4 is 10.6 Å². The van der Waals surface area contributed by atoms with E-state index in [4.69, 9.17) is 0 Å². The predicted molar refractivity (Wildman–Crippen MR) is 94.6 cm³/mol. The first-order valence-corrected chi connectivity index (χ1v) is 8.91. The van der Waals surface area contributed by atoms with Gasteiger partial charge < -0.3 is 15.7 Å². The number of fused-ring (bicyclic) bond motifs is 1. The van der Waals surface area contributed by atoms with E-state index in [-0.39, 0.29) is 18.1 Å². The van der Waals surface area contributed by atoms with Crippen LogP contribution in [0, 0.1) is 5.41 Å². The molecule has 1 heterocycles. The molecular formula is C17H25N3O2S. The molecule has 1 aromatic heterocycles. The molecule has 0 unspecified atom stereocenters. The van der Waals surface area contributed by atoms with E-state index in [1.54, 1.807) is 11.3 Å². The number of aliphatic hydroxyl groups excluding tert-OH is 1. The van der Waals surface area contributed by atoms with Gasteiger partial charge >= 0.3 is 6.03 Å². The molecule has 1 aromatic carbocycles. The van der Waals surface area contributed by atoms with Gasteiger partial charge in [-0.05, 0) is 36.8 Å². The summed E-state index contributed by atoms with van der Waals surface area (Å²) in [6, 6.07) is 7.76. The Balaban J connectivity index is 1.84. The number of nitrogens with zero attached hydrogens (tertiary/aromatic N) is 1. The van der Waals surface area contributed by atoms with Gasteiger partial charge in [0.15, 0.2) is 0 Å². The van der Waals surface area contributed by atoms with Crippen molar-refractivity contribution in [2.75, 3.05) is 13.2 Å². The van der Waals surface area contributed by atoms with Crippen LogP contribution in [0.2, 0.25) is 0 Å². The molecule has 6 heteroatoms. The van der Waals surface area contributed by atoms with Gasteiger partial charge in [0, 0.05) is 13.2 Å². The van der Waals surface area contributed by atoms with Gasteiger partial charge in [0.05, 0.1) is 16.8 Å². The van der Waals surface area contributed by atoms with Gasteiger partial charge in [0.25, 0.3) is 0 Å². The number of carbonyl (C=O) groups is 1. The van der Waals surface area contributed by atoms with E-state index < -0.39 is 0 Å². The van der Waals surface area contributed by atoms with E-state index in [0.29, 0.717) is 19.5 Å². The molecule has 0 radical (unpaired) electrons. The summed E-state index contributed by atoms with van der Waals surface area (Å²) >= 11 is 1.59. The third kappa shape index (κ3) is 4.65. The van der Waals surface area contributed by atoms with Crippen molar-refractivity contribution in [2.45, 2.75) is 39.7 Å². The van der Waals surface area contributed by atoms with E-state index in [9.17, 15) is 9.90 Å². The number of rotatable bonds is 8. The van der Waals surface area contributed by atoms with Gasteiger partial charge in [0.2, 0.25) is 0 Å². The second-order valence-corrected chi connectivity index (χ2v) is 6.91. The highest BCUT2D eigenvalue weighted by molar-refractivity contribution is 7.18. The van der Waals surface area contributed by atoms with Crippen LogP contribution in [0.5, 0.6) is 0 Å². The molecule has 0 aliphatic heterocycles. The minimum Gasteiger partial charge on any atom is -0.396 e.